The average molecular weight is 329 g/mol. The second-order valence-electron chi connectivity index (χ2n) is 6.97. The third kappa shape index (κ3) is 2.88. The lowest BCUT2D eigenvalue weighted by molar-refractivity contribution is 0.0197. The van der Waals surface area contributed by atoms with E-state index in [2.05, 4.69) is 5.32 Å². The predicted octanol–water partition coefficient (Wildman–Crippen LogP) is 1.82. The van der Waals surface area contributed by atoms with Crippen LogP contribution in [0.5, 0.6) is 0 Å². The number of benzene rings is 1. The van der Waals surface area contributed by atoms with Crippen molar-refractivity contribution >= 4 is 11.0 Å². The van der Waals surface area contributed by atoms with Crippen molar-refractivity contribution in [2.75, 3.05) is 6.54 Å². The monoisotopic (exact) mass is 329 g/mol. The maximum absolute atomic E-state index is 12.2. The van der Waals surface area contributed by atoms with E-state index in [9.17, 15) is 15.0 Å². The van der Waals surface area contributed by atoms with Gasteiger partial charge in [0.1, 0.15) is 11.7 Å². The first kappa shape index (κ1) is 15.8. The summed E-state index contributed by atoms with van der Waals surface area (Å²) in [4.78, 5) is 12.2. The van der Waals surface area contributed by atoms with E-state index in [0.29, 0.717) is 23.7 Å². The van der Waals surface area contributed by atoms with Crippen molar-refractivity contribution in [3.63, 3.8) is 0 Å². The maximum Gasteiger partial charge on any atom is 0.339 e. The molecule has 0 spiro atoms. The highest BCUT2D eigenvalue weighted by Crippen LogP contribution is 2.33. The summed E-state index contributed by atoms with van der Waals surface area (Å²) >= 11 is 0. The molecule has 1 saturated carbocycles. The van der Waals surface area contributed by atoms with Crippen LogP contribution in [0.4, 0.5) is 0 Å². The molecule has 0 saturated heterocycles. The van der Waals surface area contributed by atoms with Crippen molar-refractivity contribution < 1.29 is 14.6 Å². The van der Waals surface area contributed by atoms with Gasteiger partial charge in [-0.15, -0.1) is 0 Å². The molecule has 24 heavy (non-hydrogen) atoms. The Bertz CT molecular complexity index is 809. The Morgan fingerprint density at radius 3 is 2.67 bits per heavy atom. The van der Waals surface area contributed by atoms with Crippen molar-refractivity contribution in [1.29, 1.82) is 0 Å². The number of aliphatic hydroxyl groups is 2. The molecule has 128 valence electrons. The van der Waals surface area contributed by atoms with Gasteiger partial charge in [-0.3, -0.25) is 0 Å². The van der Waals surface area contributed by atoms with E-state index < -0.39 is 12.2 Å². The molecule has 0 radical (unpaired) electrons. The van der Waals surface area contributed by atoms with Crippen LogP contribution in [0.3, 0.4) is 0 Å². The second kappa shape index (κ2) is 6.31. The van der Waals surface area contributed by atoms with Gasteiger partial charge in [-0.05, 0) is 55.7 Å². The summed E-state index contributed by atoms with van der Waals surface area (Å²) in [6.45, 7) is 0.362. The van der Waals surface area contributed by atoms with E-state index in [1.807, 2.05) is 6.07 Å². The first-order valence-electron chi connectivity index (χ1n) is 8.82. The molecule has 3 N–H and O–H groups in total. The molecule has 1 aromatic carbocycles. The highest BCUT2D eigenvalue weighted by Gasteiger charge is 2.27. The molecule has 0 bridgehead atoms. The van der Waals surface area contributed by atoms with Crippen LogP contribution < -0.4 is 10.9 Å². The largest absolute Gasteiger partial charge is 0.422 e. The fourth-order valence-electron chi connectivity index (χ4n) is 3.66. The number of aliphatic hydroxyl groups excluding tert-OH is 2. The molecule has 5 heteroatoms. The van der Waals surface area contributed by atoms with Gasteiger partial charge in [0.2, 0.25) is 0 Å². The number of fused-ring (bicyclic) bond motifs is 3. The van der Waals surface area contributed by atoms with E-state index in [1.54, 1.807) is 12.1 Å². The molecule has 0 amide bonds. The Hall–Kier alpha value is -1.69. The third-order valence-corrected chi connectivity index (χ3v) is 5.15. The van der Waals surface area contributed by atoms with Crippen LogP contribution >= 0.6 is 0 Å². The number of hydrogen-bond acceptors (Lipinski definition) is 5. The minimum Gasteiger partial charge on any atom is -0.422 e. The van der Waals surface area contributed by atoms with Gasteiger partial charge in [-0.1, -0.05) is 12.1 Å². The minimum absolute atomic E-state index is 0.264. The van der Waals surface area contributed by atoms with E-state index in [-0.39, 0.29) is 5.63 Å². The smallest absolute Gasteiger partial charge is 0.339 e. The molecule has 2 aliphatic carbocycles. The fourth-order valence-corrected chi connectivity index (χ4v) is 3.66. The molecule has 2 atom stereocenters. The molecule has 1 fully saturated rings. The molecule has 4 rings (SSSR count). The third-order valence-electron chi connectivity index (χ3n) is 5.15. The normalized spacial score (nSPS) is 19.9. The Morgan fingerprint density at radius 2 is 1.92 bits per heavy atom. The molecular formula is C19H23NO4. The maximum atomic E-state index is 12.2. The number of nitrogens with one attached hydrogen (secondary N) is 1. The highest BCUT2D eigenvalue weighted by molar-refractivity contribution is 5.85. The average Bonchev–Trinajstić information content (AvgIpc) is 3.43. The van der Waals surface area contributed by atoms with Gasteiger partial charge in [-0.2, -0.15) is 0 Å². The molecule has 1 heterocycles. The second-order valence-corrected chi connectivity index (χ2v) is 6.97. The summed E-state index contributed by atoms with van der Waals surface area (Å²) in [5.74, 6) is 0. The molecule has 2 aromatic rings. The van der Waals surface area contributed by atoms with Crippen LogP contribution in [0.15, 0.2) is 27.4 Å². The van der Waals surface area contributed by atoms with Gasteiger partial charge in [0.15, 0.2) is 0 Å². The van der Waals surface area contributed by atoms with Crippen molar-refractivity contribution in [2.24, 2.45) is 0 Å². The van der Waals surface area contributed by atoms with Crippen LogP contribution in [0.2, 0.25) is 0 Å². The summed E-state index contributed by atoms with van der Waals surface area (Å²) in [5.41, 5.74) is 2.61. The van der Waals surface area contributed by atoms with Gasteiger partial charge in [-0.25, -0.2) is 4.79 Å². The lowest BCUT2D eigenvalue weighted by atomic mass is 9.87. The first-order valence-corrected chi connectivity index (χ1v) is 8.82. The minimum atomic E-state index is -1.00. The Kier molecular flexibility index (Phi) is 4.16. The standard InChI is InChI=1S/C19H23NO4/c21-15(10-20-11-8-9-11)18(22)14-6-3-7-16-17(14)12-4-1-2-5-13(12)19(23)24-16/h3,6-7,11,15,18,20-22H,1-2,4-5,8-10H2. The van der Waals surface area contributed by atoms with Crippen LogP contribution in [-0.2, 0) is 12.8 Å². The summed E-state index contributed by atoms with van der Waals surface area (Å²) < 4.78 is 5.47. The first-order chi connectivity index (χ1) is 11.6. The topological polar surface area (TPSA) is 82.7 Å². The van der Waals surface area contributed by atoms with Crippen LogP contribution in [0.25, 0.3) is 11.0 Å². The van der Waals surface area contributed by atoms with Gasteiger partial charge < -0.3 is 19.9 Å². The fraction of sp³-hybridized carbons (Fsp3) is 0.526. The zero-order valence-corrected chi connectivity index (χ0v) is 13.6. The van der Waals surface area contributed by atoms with Crippen LogP contribution in [-0.4, -0.2) is 28.9 Å². The Labute approximate surface area is 140 Å². The molecule has 0 aliphatic heterocycles. The zero-order chi connectivity index (χ0) is 16.7. The Morgan fingerprint density at radius 1 is 1.17 bits per heavy atom. The van der Waals surface area contributed by atoms with Gasteiger partial charge >= 0.3 is 5.63 Å². The lowest BCUT2D eigenvalue weighted by Gasteiger charge is -2.23. The summed E-state index contributed by atoms with van der Waals surface area (Å²) in [5, 5.41) is 25.1. The lowest BCUT2D eigenvalue weighted by Crippen LogP contribution is -2.33. The molecule has 2 aliphatic rings. The van der Waals surface area contributed by atoms with Crippen LogP contribution in [0, 0.1) is 0 Å². The molecule has 5 nitrogen and oxygen atoms in total. The summed E-state index contributed by atoms with van der Waals surface area (Å²) in [7, 11) is 0. The van der Waals surface area contributed by atoms with Crippen molar-refractivity contribution in [2.45, 2.75) is 56.8 Å². The van der Waals surface area contributed by atoms with Gasteiger partial charge in [0.25, 0.3) is 0 Å². The highest BCUT2D eigenvalue weighted by atomic mass is 16.4. The van der Waals surface area contributed by atoms with E-state index in [1.165, 1.54) is 0 Å². The van der Waals surface area contributed by atoms with Gasteiger partial charge in [0.05, 0.1) is 6.10 Å². The molecule has 1 aromatic heterocycles. The SMILES string of the molecule is O=c1oc2cccc(C(O)C(O)CNC3CC3)c2c2c1CCCC2. The molecular weight excluding hydrogens is 306 g/mol. The zero-order valence-electron chi connectivity index (χ0n) is 13.6. The molecule has 2 unspecified atom stereocenters. The quantitative estimate of drug-likeness (QED) is 0.729. The number of hydrogen-bond donors (Lipinski definition) is 3. The van der Waals surface area contributed by atoms with Crippen molar-refractivity contribution in [3.8, 4) is 0 Å². The number of rotatable bonds is 5. The van der Waals surface area contributed by atoms with Crippen molar-refractivity contribution in [1.82, 2.24) is 5.32 Å². The van der Waals surface area contributed by atoms with E-state index >= 15 is 0 Å². The number of aryl methyl sites for hydroxylation is 1. The van der Waals surface area contributed by atoms with Crippen LogP contribution in [0.1, 0.15) is 48.5 Å². The van der Waals surface area contributed by atoms with E-state index in [0.717, 1.165) is 55.0 Å². The predicted molar refractivity (Wildman–Crippen MR) is 91.1 cm³/mol. The van der Waals surface area contributed by atoms with Crippen molar-refractivity contribution in [3.05, 3.63) is 45.3 Å². The van der Waals surface area contributed by atoms with E-state index in [4.69, 9.17) is 4.42 Å². The van der Waals surface area contributed by atoms with Gasteiger partial charge in [0, 0.05) is 23.5 Å². The Balaban J connectivity index is 1.75. The summed E-state index contributed by atoms with van der Waals surface area (Å²) in [6, 6.07) is 5.82. The summed E-state index contributed by atoms with van der Waals surface area (Å²) in [6.07, 6.45) is 3.94.